The van der Waals surface area contributed by atoms with E-state index >= 15 is 0 Å². The molecule has 2 rings (SSSR count). The molecule has 0 bridgehead atoms. The van der Waals surface area contributed by atoms with Gasteiger partial charge in [0, 0.05) is 18.2 Å². The second kappa shape index (κ2) is 4.97. The van der Waals surface area contributed by atoms with Gasteiger partial charge in [0.2, 0.25) is 0 Å². The van der Waals surface area contributed by atoms with Crippen molar-refractivity contribution in [2.75, 3.05) is 13.1 Å². The van der Waals surface area contributed by atoms with Gasteiger partial charge in [-0.3, -0.25) is 4.79 Å². The maximum atomic E-state index is 13.0. The Hall–Kier alpha value is -1.56. The lowest BCUT2D eigenvalue weighted by Gasteiger charge is -2.16. The SMILES string of the molecule is CC1CNCC1NC(=O)c1cc(F)c(F)c(F)c1. The zero-order chi connectivity index (χ0) is 13.3. The molecule has 2 unspecified atom stereocenters. The maximum Gasteiger partial charge on any atom is 0.251 e. The minimum atomic E-state index is -1.57. The van der Waals surface area contributed by atoms with Crippen molar-refractivity contribution in [2.24, 2.45) is 5.92 Å². The van der Waals surface area contributed by atoms with Gasteiger partial charge in [-0.2, -0.15) is 0 Å². The van der Waals surface area contributed by atoms with Crippen LogP contribution in [-0.2, 0) is 0 Å². The third kappa shape index (κ3) is 2.48. The molecule has 2 atom stereocenters. The Labute approximate surface area is 102 Å². The van der Waals surface area contributed by atoms with Gasteiger partial charge in [-0.25, -0.2) is 13.2 Å². The van der Waals surface area contributed by atoms with E-state index in [1.165, 1.54) is 0 Å². The topological polar surface area (TPSA) is 41.1 Å². The van der Waals surface area contributed by atoms with E-state index in [-0.39, 0.29) is 17.5 Å². The second-order valence-corrected chi connectivity index (χ2v) is 4.47. The van der Waals surface area contributed by atoms with E-state index in [1.807, 2.05) is 6.92 Å². The molecule has 0 aromatic heterocycles. The van der Waals surface area contributed by atoms with Crippen LogP contribution in [0, 0.1) is 23.4 Å². The van der Waals surface area contributed by atoms with Crippen LogP contribution in [0.3, 0.4) is 0 Å². The highest BCUT2D eigenvalue weighted by Gasteiger charge is 2.25. The summed E-state index contributed by atoms with van der Waals surface area (Å²) < 4.78 is 38.7. The minimum Gasteiger partial charge on any atom is -0.348 e. The van der Waals surface area contributed by atoms with Crippen molar-refractivity contribution in [3.63, 3.8) is 0 Å². The Morgan fingerprint density at radius 1 is 1.28 bits per heavy atom. The Kier molecular flexibility index (Phi) is 3.56. The average molecular weight is 258 g/mol. The van der Waals surface area contributed by atoms with Gasteiger partial charge in [-0.05, 0) is 24.6 Å². The third-order valence-electron chi connectivity index (χ3n) is 3.08. The molecular weight excluding hydrogens is 245 g/mol. The lowest BCUT2D eigenvalue weighted by molar-refractivity contribution is 0.0931. The molecule has 0 radical (unpaired) electrons. The fraction of sp³-hybridized carbons (Fsp3) is 0.417. The summed E-state index contributed by atoms with van der Waals surface area (Å²) >= 11 is 0. The Morgan fingerprint density at radius 2 is 1.89 bits per heavy atom. The average Bonchev–Trinajstić information content (AvgIpc) is 2.71. The molecule has 6 heteroatoms. The van der Waals surface area contributed by atoms with E-state index < -0.39 is 23.4 Å². The number of amides is 1. The first-order valence-corrected chi connectivity index (χ1v) is 5.65. The zero-order valence-corrected chi connectivity index (χ0v) is 9.77. The zero-order valence-electron chi connectivity index (χ0n) is 9.77. The van der Waals surface area contributed by atoms with Crippen LogP contribution in [0.2, 0.25) is 0 Å². The summed E-state index contributed by atoms with van der Waals surface area (Å²) in [5.41, 5.74) is -0.217. The fourth-order valence-corrected chi connectivity index (χ4v) is 1.94. The minimum absolute atomic E-state index is 0.0892. The molecule has 0 spiro atoms. The first kappa shape index (κ1) is 12.9. The van der Waals surface area contributed by atoms with Crippen molar-refractivity contribution in [3.05, 3.63) is 35.1 Å². The lowest BCUT2D eigenvalue weighted by atomic mass is 10.1. The molecule has 0 aliphatic carbocycles. The molecule has 1 aliphatic rings. The van der Waals surface area contributed by atoms with Crippen molar-refractivity contribution in [1.29, 1.82) is 0 Å². The molecular formula is C12H13F3N2O. The van der Waals surface area contributed by atoms with E-state index in [0.717, 1.165) is 6.54 Å². The molecule has 18 heavy (non-hydrogen) atoms. The normalized spacial score (nSPS) is 23.1. The molecule has 0 saturated carbocycles. The summed E-state index contributed by atoms with van der Waals surface area (Å²) in [4.78, 5) is 11.8. The van der Waals surface area contributed by atoms with Crippen molar-refractivity contribution in [3.8, 4) is 0 Å². The van der Waals surface area contributed by atoms with Crippen molar-refractivity contribution in [1.82, 2.24) is 10.6 Å². The largest absolute Gasteiger partial charge is 0.348 e. The molecule has 1 heterocycles. The lowest BCUT2D eigenvalue weighted by Crippen LogP contribution is -2.39. The summed E-state index contributed by atoms with van der Waals surface area (Å²) in [7, 11) is 0. The van der Waals surface area contributed by atoms with E-state index in [1.54, 1.807) is 0 Å². The first-order chi connectivity index (χ1) is 8.49. The van der Waals surface area contributed by atoms with Gasteiger partial charge in [0.15, 0.2) is 17.5 Å². The van der Waals surface area contributed by atoms with Gasteiger partial charge in [0.05, 0.1) is 0 Å². The van der Waals surface area contributed by atoms with E-state index in [9.17, 15) is 18.0 Å². The van der Waals surface area contributed by atoms with Crippen molar-refractivity contribution in [2.45, 2.75) is 13.0 Å². The van der Waals surface area contributed by atoms with Gasteiger partial charge < -0.3 is 10.6 Å². The summed E-state index contributed by atoms with van der Waals surface area (Å²) in [6, 6.07) is 1.30. The fourth-order valence-electron chi connectivity index (χ4n) is 1.94. The van der Waals surface area contributed by atoms with Crippen LogP contribution in [0.1, 0.15) is 17.3 Å². The van der Waals surface area contributed by atoms with Crippen molar-refractivity contribution >= 4 is 5.91 Å². The Balaban J connectivity index is 2.14. The smallest absolute Gasteiger partial charge is 0.251 e. The first-order valence-electron chi connectivity index (χ1n) is 5.65. The number of halogens is 3. The highest BCUT2D eigenvalue weighted by Crippen LogP contribution is 2.14. The van der Waals surface area contributed by atoms with Crippen LogP contribution in [0.4, 0.5) is 13.2 Å². The van der Waals surface area contributed by atoms with Crippen LogP contribution in [-0.4, -0.2) is 25.0 Å². The number of rotatable bonds is 2. The predicted molar refractivity (Wildman–Crippen MR) is 59.6 cm³/mol. The summed E-state index contributed by atoms with van der Waals surface area (Å²) in [5.74, 6) is -4.66. The second-order valence-electron chi connectivity index (χ2n) is 4.47. The third-order valence-corrected chi connectivity index (χ3v) is 3.08. The van der Waals surface area contributed by atoms with Crippen LogP contribution < -0.4 is 10.6 Å². The molecule has 1 saturated heterocycles. The molecule has 1 aliphatic heterocycles. The predicted octanol–water partition coefficient (Wildman–Crippen LogP) is 1.44. The molecule has 1 aromatic rings. The molecule has 1 fully saturated rings. The van der Waals surface area contributed by atoms with Crippen LogP contribution in [0.5, 0.6) is 0 Å². The van der Waals surface area contributed by atoms with Crippen LogP contribution in [0.25, 0.3) is 0 Å². The van der Waals surface area contributed by atoms with E-state index in [4.69, 9.17) is 0 Å². The van der Waals surface area contributed by atoms with Gasteiger partial charge in [-0.1, -0.05) is 6.92 Å². The van der Waals surface area contributed by atoms with Crippen LogP contribution >= 0.6 is 0 Å². The summed E-state index contributed by atoms with van der Waals surface area (Å²) in [6.45, 7) is 3.34. The number of carbonyl (C=O) groups excluding carboxylic acids is 1. The number of hydrogen-bond acceptors (Lipinski definition) is 2. The molecule has 3 nitrogen and oxygen atoms in total. The quantitative estimate of drug-likeness (QED) is 0.788. The summed E-state index contributed by atoms with van der Waals surface area (Å²) in [6.07, 6.45) is 0. The highest BCUT2D eigenvalue weighted by molar-refractivity contribution is 5.94. The number of hydrogen-bond donors (Lipinski definition) is 2. The Bertz CT molecular complexity index is 455. The standard InChI is InChI=1S/C12H13F3N2O/c1-6-4-16-5-10(6)17-12(18)7-2-8(13)11(15)9(14)3-7/h2-3,6,10,16H,4-5H2,1H3,(H,17,18). The van der Waals surface area contributed by atoms with E-state index in [2.05, 4.69) is 10.6 Å². The molecule has 2 N–H and O–H groups in total. The van der Waals surface area contributed by atoms with Crippen LogP contribution in [0.15, 0.2) is 12.1 Å². The Morgan fingerprint density at radius 3 is 2.39 bits per heavy atom. The number of nitrogens with one attached hydrogen (secondary N) is 2. The number of carbonyl (C=O) groups is 1. The van der Waals surface area contributed by atoms with Crippen molar-refractivity contribution < 1.29 is 18.0 Å². The van der Waals surface area contributed by atoms with Gasteiger partial charge in [0.25, 0.3) is 5.91 Å². The monoisotopic (exact) mass is 258 g/mol. The van der Waals surface area contributed by atoms with Gasteiger partial charge in [-0.15, -0.1) is 0 Å². The molecule has 1 aromatic carbocycles. The highest BCUT2D eigenvalue weighted by atomic mass is 19.2. The molecule has 1 amide bonds. The maximum absolute atomic E-state index is 13.0. The van der Waals surface area contributed by atoms with Gasteiger partial charge in [0.1, 0.15) is 0 Å². The van der Waals surface area contributed by atoms with E-state index in [0.29, 0.717) is 18.7 Å². The summed E-state index contributed by atoms with van der Waals surface area (Å²) in [5, 5.41) is 5.75. The van der Waals surface area contributed by atoms with Gasteiger partial charge >= 0.3 is 0 Å². The number of benzene rings is 1. The molecule has 98 valence electrons.